The fourth-order valence-corrected chi connectivity index (χ4v) is 2.39. The molecule has 0 aliphatic carbocycles. The maximum atomic E-state index is 12.8. The number of aryl methyl sites for hydroxylation is 1. The Labute approximate surface area is 165 Å². The lowest BCUT2D eigenvalue weighted by Gasteiger charge is -2.08. The van der Waals surface area contributed by atoms with Gasteiger partial charge >= 0.3 is 6.18 Å². The van der Waals surface area contributed by atoms with Crippen molar-refractivity contribution in [2.75, 3.05) is 5.32 Å². The zero-order valence-corrected chi connectivity index (χ0v) is 15.5. The topological polar surface area (TPSA) is 54.9 Å². The Morgan fingerprint density at radius 1 is 1.10 bits per heavy atom. The van der Waals surface area contributed by atoms with Gasteiger partial charge in [-0.3, -0.25) is 9.78 Å². The lowest BCUT2D eigenvalue weighted by Crippen LogP contribution is -2.14. The minimum absolute atomic E-state index is 0.0847. The van der Waals surface area contributed by atoms with Gasteiger partial charge in [0.05, 0.1) is 11.1 Å². The fraction of sp³-hybridized carbons (Fsp3) is 0.136. The van der Waals surface area contributed by atoms with Crippen LogP contribution in [0.4, 0.5) is 19.0 Å². The van der Waals surface area contributed by atoms with Crippen molar-refractivity contribution in [3.05, 3.63) is 88.4 Å². The fourth-order valence-electron chi connectivity index (χ4n) is 2.39. The Kier molecular flexibility index (Phi) is 5.52. The molecule has 0 radical (unpaired) electrons. The average molecular weight is 393 g/mol. The first-order valence-electron chi connectivity index (χ1n) is 8.45. The maximum absolute atomic E-state index is 12.8. The van der Waals surface area contributed by atoms with Gasteiger partial charge in [-0.15, -0.1) is 0 Å². The number of carbonyl (C=O) groups is 1. The van der Waals surface area contributed by atoms with E-state index in [1.807, 2.05) is 13.0 Å². The van der Waals surface area contributed by atoms with E-state index in [2.05, 4.69) is 39.3 Å². The molecule has 4 nitrogen and oxygen atoms in total. The molecule has 2 aromatic heterocycles. The molecule has 1 amide bonds. The molecule has 0 spiro atoms. The summed E-state index contributed by atoms with van der Waals surface area (Å²) in [5.41, 5.74) is 2.10. The van der Waals surface area contributed by atoms with E-state index >= 15 is 0 Å². The number of hydrogen-bond donors (Lipinski definition) is 1. The van der Waals surface area contributed by atoms with E-state index in [0.717, 1.165) is 29.5 Å². The zero-order valence-electron chi connectivity index (χ0n) is 15.5. The lowest BCUT2D eigenvalue weighted by molar-refractivity contribution is -0.137. The second-order valence-electron chi connectivity index (χ2n) is 6.23. The van der Waals surface area contributed by atoms with Crippen LogP contribution in [0.2, 0.25) is 0 Å². The number of amides is 1. The number of anilines is 1. The quantitative estimate of drug-likeness (QED) is 0.658. The van der Waals surface area contributed by atoms with Crippen molar-refractivity contribution in [3.63, 3.8) is 0 Å². The Balaban J connectivity index is 1.83. The third-order valence-electron chi connectivity index (χ3n) is 3.87. The van der Waals surface area contributed by atoms with Gasteiger partial charge in [-0.25, -0.2) is 4.98 Å². The molecule has 3 rings (SSSR count). The van der Waals surface area contributed by atoms with Crippen LogP contribution < -0.4 is 5.32 Å². The normalized spacial score (nSPS) is 10.5. The largest absolute Gasteiger partial charge is 0.416 e. The van der Waals surface area contributed by atoms with Crippen LogP contribution in [-0.2, 0) is 6.18 Å². The van der Waals surface area contributed by atoms with Gasteiger partial charge in [-0.2, -0.15) is 13.2 Å². The summed E-state index contributed by atoms with van der Waals surface area (Å²) in [6, 6.07) is 10.5. The molecule has 0 unspecified atom stereocenters. The van der Waals surface area contributed by atoms with Crippen molar-refractivity contribution in [3.8, 4) is 11.8 Å². The number of alkyl halides is 3. The molecule has 144 valence electrons. The predicted molar refractivity (Wildman–Crippen MR) is 101 cm³/mol. The summed E-state index contributed by atoms with van der Waals surface area (Å²) in [6.45, 7) is 3.67. The minimum atomic E-state index is -4.53. The molecule has 1 aromatic carbocycles. The molecule has 0 fully saturated rings. The molecular weight excluding hydrogens is 379 g/mol. The molecule has 2 heterocycles. The highest BCUT2D eigenvalue weighted by Gasteiger charge is 2.30. The summed E-state index contributed by atoms with van der Waals surface area (Å²) in [6.07, 6.45) is -0.206. The summed E-state index contributed by atoms with van der Waals surface area (Å²) < 4.78 is 38.4. The van der Waals surface area contributed by atoms with Crippen LogP contribution in [0.1, 0.15) is 38.2 Å². The Hall–Kier alpha value is -3.84. The second kappa shape index (κ2) is 8.04. The van der Waals surface area contributed by atoms with Crippen molar-refractivity contribution >= 4 is 11.7 Å². The molecule has 0 bridgehead atoms. The van der Waals surface area contributed by atoms with Gasteiger partial charge in [0, 0.05) is 35.3 Å². The van der Waals surface area contributed by atoms with Crippen molar-refractivity contribution < 1.29 is 18.0 Å². The standard InChI is InChI=1S/C22H14F3N3O/c1-14-9-16(13-26-12-14)4-6-17-10-18(5-3-15(17)2)21(29)28-20-11-19(7-8-27-20)22(23,24)25/h7-13H,1-2H3,(H,27,28,29). The van der Waals surface area contributed by atoms with Crippen LogP contribution in [0.15, 0.2) is 42.9 Å². The van der Waals surface area contributed by atoms with Crippen LogP contribution in [0.25, 0.3) is 0 Å². The smallest absolute Gasteiger partial charge is 0.306 e. The van der Waals surface area contributed by atoms with Crippen molar-refractivity contribution in [2.45, 2.75) is 20.0 Å². The molecule has 0 aliphatic rings. The second-order valence-corrected chi connectivity index (χ2v) is 6.23. The van der Waals surface area contributed by atoms with Gasteiger partial charge in [-0.05, 0) is 43.7 Å². The van der Waals surface area contributed by atoms with Crippen LogP contribution in [-0.4, -0.2) is 15.9 Å². The van der Waals surface area contributed by atoms with E-state index in [-0.39, 0.29) is 11.4 Å². The van der Waals surface area contributed by atoms with Crippen molar-refractivity contribution in [1.29, 1.82) is 0 Å². The minimum Gasteiger partial charge on any atom is -0.306 e. The van der Waals surface area contributed by atoms with E-state index in [1.54, 1.807) is 19.3 Å². The van der Waals surface area contributed by atoms with Gasteiger partial charge < -0.3 is 5.32 Å². The van der Waals surface area contributed by atoms with Gasteiger partial charge in [0.1, 0.15) is 5.82 Å². The molecule has 29 heavy (non-hydrogen) atoms. The van der Waals surface area contributed by atoms with E-state index < -0.39 is 17.6 Å². The number of aromatic nitrogens is 2. The SMILES string of the molecule is Cc1cncc(C#Cc2cc(C(=O)Nc3cc(C(F)(F)F)ccn3)c#cc2C)c1. The van der Waals surface area contributed by atoms with Crippen LogP contribution >= 0.6 is 0 Å². The monoisotopic (exact) mass is 393 g/mol. The van der Waals surface area contributed by atoms with Crippen LogP contribution in [0, 0.1) is 37.8 Å². The number of nitrogens with one attached hydrogen (secondary N) is 1. The first-order valence-corrected chi connectivity index (χ1v) is 8.45. The van der Waals surface area contributed by atoms with Crippen LogP contribution in [0.3, 0.4) is 0 Å². The van der Waals surface area contributed by atoms with Crippen molar-refractivity contribution in [1.82, 2.24) is 9.97 Å². The number of nitrogens with zero attached hydrogens (tertiary/aromatic N) is 2. The Morgan fingerprint density at radius 2 is 1.90 bits per heavy atom. The molecular formula is C22H14F3N3O. The highest BCUT2D eigenvalue weighted by molar-refractivity contribution is 6.03. The summed E-state index contributed by atoms with van der Waals surface area (Å²) in [7, 11) is 0. The first kappa shape index (κ1) is 19.9. The van der Waals surface area contributed by atoms with Gasteiger partial charge in [0.15, 0.2) is 0 Å². The average Bonchev–Trinajstić information content (AvgIpc) is 2.67. The molecule has 0 atom stereocenters. The number of hydrogen-bond acceptors (Lipinski definition) is 3. The van der Waals surface area contributed by atoms with Crippen molar-refractivity contribution in [2.24, 2.45) is 0 Å². The van der Waals surface area contributed by atoms with E-state index in [9.17, 15) is 18.0 Å². The summed E-state index contributed by atoms with van der Waals surface area (Å²) in [5.74, 6) is 5.06. The third kappa shape index (κ3) is 5.12. The maximum Gasteiger partial charge on any atom is 0.416 e. The van der Waals surface area contributed by atoms with E-state index in [1.165, 1.54) is 6.07 Å². The Bertz CT molecular complexity index is 1130. The van der Waals surface area contributed by atoms with Gasteiger partial charge in [-0.1, -0.05) is 24.0 Å². The van der Waals surface area contributed by atoms with E-state index in [4.69, 9.17) is 0 Å². The lowest BCUT2D eigenvalue weighted by atomic mass is 10.1. The number of carbonyl (C=O) groups excluding carboxylic acids is 1. The first-order chi connectivity index (χ1) is 13.7. The Morgan fingerprint density at radius 3 is 2.62 bits per heavy atom. The molecule has 3 aromatic rings. The molecule has 0 aliphatic heterocycles. The molecule has 0 saturated carbocycles. The van der Waals surface area contributed by atoms with Gasteiger partial charge in [0.25, 0.3) is 5.91 Å². The summed E-state index contributed by atoms with van der Waals surface area (Å²) in [4.78, 5) is 20.2. The highest BCUT2D eigenvalue weighted by atomic mass is 19.4. The number of halogens is 3. The summed E-state index contributed by atoms with van der Waals surface area (Å²) in [5, 5.41) is 2.34. The molecule has 7 heteroatoms. The molecule has 1 N–H and O–H groups in total. The third-order valence-corrected chi connectivity index (χ3v) is 3.87. The van der Waals surface area contributed by atoms with Gasteiger partial charge in [0.2, 0.25) is 0 Å². The van der Waals surface area contributed by atoms with E-state index in [0.29, 0.717) is 11.1 Å². The molecule has 0 saturated heterocycles. The highest BCUT2D eigenvalue weighted by Crippen LogP contribution is 2.29. The zero-order chi connectivity index (χ0) is 21.0. The predicted octanol–water partition coefficient (Wildman–Crippen LogP) is 4.36. The number of pyridine rings is 2. The summed E-state index contributed by atoms with van der Waals surface area (Å²) >= 11 is 0. The van der Waals surface area contributed by atoms with Crippen LogP contribution in [0.5, 0.6) is 0 Å². The number of rotatable bonds is 2.